The Kier molecular flexibility index (Phi) is 1.83. The second kappa shape index (κ2) is 3.30. The van der Waals surface area contributed by atoms with Crippen LogP contribution in [0.5, 0.6) is 0 Å². The minimum absolute atomic E-state index is 0.0957. The van der Waals surface area contributed by atoms with Gasteiger partial charge in [0, 0.05) is 6.07 Å². The van der Waals surface area contributed by atoms with Gasteiger partial charge < -0.3 is 4.42 Å². The van der Waals surface area contributed by atoms with Crippen molar-refractivity contribution in [2.45, 2.75) is 0 Å². The van der Waals surface area contributed by atoms with E-state index in [1.165, 1.54) is 12.4 Å². The van der Waals surface area contributed by atoms with E-state index in [2.05, 4.69) is 15.2 Å². The summed E-state index contributed by atoms with van der Waals surface area (Å²) in [7, 11) is 0. The largest absolute Gasteiger partial charge is 0.452 e. The number of hydrogen-bond acceptors (Lipinski definition) is 4. The Morgan fingerprint density at radius 3 is 2.94 bits per heavy atom. The van der Waals surface area contributed by atoms with Crippen LogP contribution < -0.4 is 5.43 Å². The topological polar surface area (TPSA) is 71.8 Å². The SMILES string of the molecule is O=c1cc(-c2nc[nH]n2)oc2ccccc12. The van der Waals surface area contributed by atoms with Crippen LogP contribution in [0.4, 0.5) is 0 Å². The molecule has 16 heavy (non-hydrogen) atoms. The molecule has 0 bridgehead atoms. The smallest absolute Gasteiger partial charge is 0.216 e. The van der Waals surface area contributed by atoms with Gasteiger partial charge in [-0.3, -0.25) is 9.89 Å². The number of rotatable bonds is 1. The molecule has 0 aliphatic heterocycles. The lowest BCUT2D eigenvalue weighted by Crippen LogP contribution is -2.00. The summed E-state index contributed by atoms with van der Waals surface area (Å²) in [5.41, 5.74) is 0.441. The molecule has 0 atom stereocenters. The average Bonchev–Trinajstić information content (AvgIpc) is 2.82. The van der Waals surface area contributed by atoms with Crippen molar-refractivity contribution in [1.82, 2.24) is 15.2 Å². The molecule has 0 fully saturated rings. The highest BCUT2D eigenvalue weighted by Crippen LogP contribution is 2.17. The first-order valence-corrected chi connectivity index (χ1v) is 4.73. The number of H-pyrrole nitrogens is 1. The number of benzene rings is 1. The number of para-hydroxylation sites is 1. The van der Waals surface area contributed by atoms with E-state index in [1.54, 1.807) is 18.2 Å². The number of fused-ring (bicyclic) bond motifs is 1. The molecule has 0 unspecified atom stereocenters. The predicted octanol–water partition coefficient (Wildman–Crippen LogP) is 1.58. The third-order valence-electron chi connectivity index (χ3n) is 2.27. The first-order chi connectivity index (χ1) is 7.84. The van der Waals surface area contributed by atoms with Crippen molar-refractivity contribution < 1.29 is 4.42 Å². The standard InChI is InChI=1S/C11H7N3O2/c15-8-5-10(11-12-6-13-14-11)16-9-4-2-1-3-7(8)9/h1-6H,(H,12,13,14). The van der Waals surface area contributed by atoms with Gasteiger partial charge in [0.2, 0.25) is 5.82 Å². The van der Waals surface area contributed by atoms with E-state index in [4.69, 9.17) is 4.42 Å². The maximum Gasteiger partial charge on any atom is 0.216 e. The second-order valence-electron chi connectivity index (χ2n) is 3.29. The normalized spacial score (nSPS) is 10.8. The summed E-state index contributed by atoms with van der Waals surface area (Å²) in [5.74, 6) is 0.743. The van der Waals surface area contributed by atoms with E-state index >= 15 is 0 Å². The van der Waals surface area contributed by atoms with Crippen LogP contribution >= 0.6 is 0 Å². The molecule has 3 rings (SSSR count). The molecule has 1 N–H and O–H groups in total. The Morgan fingerprint density at radius 2 is 2.12 bits per heavy atom. The molecule has 5 nitrogen and oxygen atoms in total. The molecule has 78 valence electrons. The first-order valence-electron chi connectivity index (χ1n) is 4.73. The Labute approximate surface area is 89.8 Å². The molecule has 0 aliphatic rings. The van der Waals surface area contributed by atoms with Gasteiger partial charge in [-0.25, -0.2) is 4.98 Å². The van der Waals surface area contributed by atoms with Crippen molar-refractivity contribution >= 4 is 11.0 Å². The Bertz CT molecular complexity index is 686. The maximum atomic E-state index is 11.8. The highest BCUT2D eigenvalue weighted by molar-refractivity contribution is 5.77. The summed E-state index contributed by atoms with van der Waals surface area (Å²) in [5, 5.41) is 7.00. The Morgan fingerprint density at radius 1 is 1.25 bits per heavy atom. The molecule has 3 aromatic rings. The summed E-state index contributed by atoms with van der Waals surface area (Å²) in [6.45, 7) is 0. The lowest BCUT2D eigenvalue weighted by Gasteiger charge is -1.98. The van der Waals surface area contributed by atoms with Crippen LogP contribution in [0.25, 0.3) is 22.6 Å². The van der Waals surface area contributed by atoms with Crippen LogP contribution in [0, 0.1) is 0 Å². The number of aromatic amines is 1. The van der Waals surface area contributed by atoms with E-state index in [1.807, 2.05) is 6.07 Å². The van der Waals surface area contributed by atoms with Crippen molar-refractivity contribution in [3.05, 3.63) is 46.9 Å². The van der Waals surface area contributed by atoms with Crippen LogP contribution in [0.3, 0.4) is 0 Å². The minimum atomic E-state index is -0.0957. The van der Waals surface area contributed by atoms with Gasteiger partial charge >= 0.3 is 0 Å². The fraction of sp³-hybridized carbons (Fsp3) is 0. The number of nitrogens with zero attached hydrogens (tertiary/aromatic N) is 2. The minimum Gasteiger partial charge on any atom is -0.452 e. The highest BCUT2D eigenvalue weighted by Gasteiger charge is 2.08. The van der Waals surface area contributed by atoms with Crippen LogP contribution in [0.1, 0.15) is 0 Å². The molecule has 0 spiro atoms. The van der Waals surface area contributed by atoms with Gasteiger partial charge in [0.25, 0.3) is 0 Å². The quantitative estimate of drug-likeness (QED) is 0.666. The molecule has 0 saturated heterocycles. The average molecular weight is 213 g/mol. The molecular weight excluding hydrogens is 206 g/mol. The zero-order chi connectivity index (χ0) is 11.0. The monoisotopic (exact) mass is 213 g/mol. The molecule has 0 saturated carbocycles. The van der Waals surface area contributed by atoms with Gasteiger partial charge in [-0.2, -0.15) is 5.10 Å². The van der Waals surface area contributed by atoms with E-state index < -0.39 is 0 Å². The first kappa shape index (κ1) is 8.84. The van der Waals surface area contributed by atoms with Crippen molar-refractivity contribution in [2.75, 3.05) is 0 Å². The van der Waals surface area contributed by atoms with Crippen molar-refractivity contribution in [1.29, 1.82) is 0 Å². The lowest BCUT2D eigenvalue weighted by molar-refractivity contribution is 0.613. The zero-order valence-corrected chi connectivity index (χ0v) is 8.18. The molecule has 2 heterocycles. The summed E-state index contributed by atoms with van der Waals surface area (Å²) in [6.07, 6.45) is 1.44. The fourth-order valence-corrected chi connectivity index (χ4v) is 1.54. The van der Waals surface area contributed by atoms with Gasteiger partial charge in [-0.15, -0.1) is 0 Å². The zero-order valence-electron chi connectivity index (χ0n) is 8.18. The van der Waals surface area contributed by atoms with Gasteiger partial charge in [0.05, 0.1) is 5.39 Å². The molecular formula is C11H7N3O2. The molecule has 0 aliphatic carbocycles. The van der Waals surface area contributed by atoms with E-state index in [0.29, 0.717) is 22.6 Å². The Hall–Kier alpha value is -2.43. The summed E-state index contributed by atoms with van der Waals surface area (Å²) < 4.78 is 5.54. The van der Waals surface area contributed by atoms with E-state index in [-0.39, 0.29) is 5.43 Å². The second-order valence-corrected chi connectivity index (χ2v) is 3.29. The summed E-state index contributed by atoms with van der Waals surface area (Å²) >= 11 is 0. The van der Waals surface area contributed by atoms with E-state index in [9.17, 15) is 4.79 Å². The molecule has 1 aromatic carbocycles. The van der Waals surface area contributed by atoms with Crippen molar-refractivity contribution in [2.24, 2.45) is 0 Å². The lowest BCUT2D eigenvalue weighted by atomic mass is 10.2. The third kappa shape index (κ3) is 1.30. The summed E-state index contributed by atoms with van der Waals surface area (Å²) in [4.78, 5) is 15.7. The van der Waals surface area contributed by atoms with Gasteiger partial charge in [-0.1, -0.05) is 12.1 Å². The van der Waals surface area contributed by atoms with Crippen LogP contribution in [-0.4, -0.2) is 15.2 Å². The maximum absolute atomic E-state index is 11.8. The van der Waals surface area contributed by atoms with Crippen molar-refractivity contribution in [3.63, 3.8) is 0 Å². The van der Waals surface area contributed by atoms with Gasteiger partial charge in [-0.05, 0) is 12.1 Å². The molecule has 5 heteroatoms. The van der Waals surface area contributed by atoms with E-state index in [0.717, 1.165) is 0 Å². The Balaban J connectivity index is 2.34. The molecule has 2 aromatic heterocycles. The van der Waals surface area contributed by atoms with Crippen molar-refractivity contribution in [3.8, 4) is 11.6 Å². The molecule has 0 amide bonds. The van der Waals surface area contributed by atoms with Crippen LogP contribution in [-0.2, 0) is 0 Å². The van der Waals surface area contributed by atoms with Gasteiger partial charge in [0.1, 0.15) is 11.9 Å². The highest BCUT2D eigenvalue weighted by atomic mass is 16.3. The van der Waals surface area contributed by atoms with Gasteiger partial charge in [0.15, 0.2) is 11.2 Å². The fourth-order valence-electron chi connectivity index (χ4n) is 1.54. The predicted molar refractivity (Wildman–Crippen MR) is 57.9 cm³/mol. The van der Waals surface area contributed by atoms with Crippen LogP contribution in [0.2, 0.25) is 0 Å². The number of aromatic nitrogens is 3. The number of nitrogens with one attached hydrogen (secondary N) is 1. The molecule has 0 radical (unpaired) electrons. The number of hydrogen-bond donors (Lipinski definition) is 1. The summed E-state index contributed by atoms with van der Waals surface area (Å²) in [6, 6.07) is 8.47. The van der Waals surface area contributed by atoms with Crippen LogP contribution in [0.15, 0.2) is 45.9 Å². The third-order valence-corrected chi connectivity index (χ3v) is 2.27.